The number of nitrogens with zero attached hydrogens (tertiary/aromatic N) is 1. The third-order valence-electron chi connectivity index (χ3n) is 12.5. The summed E-state index contributed by atoms with van der Waals surface area (Å²) in [7, 11) is 0. The normalized spacial score (nSPS) is 52.6. The number of aliphatic hydroxyl groups is 1. The molecule has 7 aliphatic rings. The van der Waals surface area contributed by atoms with Crippen molar-refractivity contribution in [3.63, 3.8) is 0 Å². The number of hydrogen-bond acceptors (Lipinski definition) is 5. The zero-order valence-corrected chi connectivity index (χ0v) is 24.5. The summed E-state index contributed by atoms with van der Waals surface area (Å²) < 4.78 is 26.9. The third-order valence-corrected chi connectivity index (χ3v) is 13.3. The Morgan fingerprint density at radius 1 is 1.16 bits per heavy atom. The van der Waals surface area contributed by atoms with Gasteiger partial charge in [-0.25, -0.2) is 0 Å². The second kappa shape index (κ2) is 8.16. The first kappa shape index (κ1) is 25.0. The van der Waals surface area contributed by atoms with Crippen LogP contribution in [0.4, 0.5) is 0 Å². The van der Waals surface area contributed by atoms with Crippen LogP contribution < -0.4 is 4.68 Å². The number of ether oxygens (including phenoxy) is 4. The van der Waals surface area contributed by atoms with Crippen molar-refractivity contribution in [3.8, 4) is 0 Å². The minimum atomic E-state index is -0.841. The summed E-state index contributed by atoms with van der Waals surface area (Å²) in [4.78, 5) is 0. The van der Waals surface area contributed by atoms with Crippen molar-refractivity contribution in [3.05, 3.63) is 23.0 Å². The lowest BCUT2D eigenvalue weighted by Crippen LogP contribution is -2.66. The number of fused-ring (bicyclic) bond motifs is 8. The van der Waals surface area contributed by atoms with Gasteiger partial charge < -0.3 is 24.1 Å². The number of rotatable bonds is 3. The highest BCUT2D eigenvalue weighted by molar-refractivity contribution is 9.09. The van der Waals surface area contributed by atoms with E-state index in [0.29, 0.717) is 24.4 Å². The van der Waals surface area contributed by atoms with E-state index in [4.69, 9.17) is 18.9 Å². The number of aromatic nitrogens is 2. The van der Waals surface area contributed by atoms with Gasteiger partial charge in [0.15, 0.2) is 26.3 Å². The molecule has 7 nitrogen and oxygen atoms in total. The van der Waals surface area contributed by atoms with E-state index in [1.807, 2.05) is 0 Å². The molecule has 8 heteroatoms. The maximum absolute atomic E-state index is 12.1. The van der Waals surface area contributed by atoms with E-state index in [2.05, 4.69) is 58.8 Å². The topological polar surface area (TPSA) is 76.8 Å². The van der Waals surface area contributed by atoms with Crippen LogP contribution in [0, 0.1) is 46.3 Å². The molecule has 2 N–H and O–H groups in total. The zero-order chi connectivity index (χ0) is 26.1. The fourth-order valence-electron chi connectivity index (χ4n) is 10.8. The van der Waals surface area contributed by atoms with Gasteiger partial charge in [0.25, 0.3) is 0 Å². The number of halogens is 1. The summed E-state index contributed by atoms with van der Waals surface area (Å²) in [6.07, 6.45) is 10.6. The van der Waals surface area contributed by atoms with Crippen molar-refractivity contribution in [2.75, 3.05) is 25.5 Å². The van der Waals surface area contributed by atoms with Crippen molar-refractivity contribution in [1.29, 1.82) is 0 Å². The third kappa shape index (κ3) is 3.06. The highest BCUT2D eigenvalue weighted by Crippen LogP contribution is 2.72. The number of allylic oxidation sites excluding steroid dienone is 1. The van der Waals surface area contributed by atoms with Crippen LogP contribution >= 0.6 is 15.9 Å². The highest BCUT2D eigenvalue weighted by Gasteiger charge is 2.77. The van der Waals surface area contributed by atoms with Crippen molar-refractivity contribution >= 4 is 22.0 Å². The van der Waals surface area contributed by atoms with Crippen LogP contribution in [0.3, 0.4) is 0 Å². The first-order chi connectivity index (χ1) is 18.2. The van der Waals surface area contributed by atoms with Gasteiger partial charge >= 0.3 is 0 Å². The average molecular weight is 591 g/mol. The zero-order valence-electron chi connectivity index (χ0n) is 22.9. The number of aliphatic hydroxyl groups excluding tert-OH is 1. The van der Waals surface area contributed by atoms with Crippen molar-refractivity contribution in [1.82, 2.24) is 5.10 Å². The van der Waals surface area contributed by atoms with E-state index >= 15 is 0 Å². The fraction of sp³-hybridized carbons (Fsp3) is 0.833. The largest absolute Gasteiger partial charge is 0.393 e. The molecule has 2 spiro atoms. The molecular weight excluding hydrogens is 548 g/mol. The second-order valence-corrected chi connectivity index (χ2v) is 14.8. The SMILES string of the molecule is C[C@H]1C[C@@H]2[C@H]([C@@H](O)C[C@@]3(C)[C@H]2CC[C@@]32OCOC23COCO3)[C@@]2(C)Cc3c[n+](CC4CC4CBr)[nH]c3C=C12. The molecule has 8 rings (SSSR count). The summed E-state index contributed by atoms with van der Waals surface area (Å²) in [6.45, 7) is 9.20. The Morgan fingerprint density at radius 2 is 2.00 bits per heavy atom. The lowest BCUT2D eigenvalue weighted by molar-refractivity contribution is -0.753. The van der Waals surface area contributed by atoms with Gasteiger partial charge in [0.05, 0.1) is 6.10 Å². The summed E-state index contributed by atoms with van der Waals surface area (Å²) in [5, 5.41) is 16.9. The molecule has 5 aliphatic carbocycles. The minimum absolute atomic E-state index is 0.0402. The molecule has 0 bridgehead atoms. The molecule has 6 fully saturated rings. The Labute approximate surface area is 233 Å². The predicted molar refractivity (Wildman–Crippen MR) is 143 cm³/mol. The van der Waals surface area contributed by atoms with Crippen LogP contribution in [0.1, 0.15) is 64.1 Å². The Morgan fingerprint density at radius 3 is 2.76 bits per heavy atom. The molecule has 208 valence electrons. The number of hydrogen-bond donors (Lipinski definition) is 2. The fourth-order valence-corrected chi connectivity index (χ4v) is 11.6. The molecule has 11 atom stereocenters. The summed E-state index contributed by atoms with van der Waals surface area (Å²) in [6, 6.07) is 0. The maximum Gasteiger partial charge on any atom is 0.226 e. The van der Waals surface area contributed by atoms with Crippen molar-refractivity contribution in [2.24, 2.45) is 46.3 Å². The van der Waals surface area contributed by atoms with Crippen LogP contribution in [-0.4, -0.2) is 53.2 Å². The quantitative estimate of drug-likeness (QED) is 0.408. The van der Waals surface area contributed by atoms with E-state index in [-0.39, 0.29) is 36.4 Å². The van der Waals surface area contributed by atoms with Crippen LogP contribution in [0.5, 0.6) is 0 Å². The molecular formula is C30H42BrN2O5+. The monoisotopic (exact) mass is 589 g/mol. The summed E-state index contributed by atoms with van der Waals surface area (Å²) in [5.74, 6) is 2.40. The molecule has 3 unspecified atom stereocenters. The highest BCUT2D eigenvalue weighted by atomic mass is 79.9. The molecule has 1 aromatic rings. The minimum Gasteiger partial charge on any atom is -0.393 e. The summed E-state index contributed by atoms with van der Waals surface area (Å²) >= 11 is 3.66. The van der Waals surface area contributed by atoms with E-state index < -0.39 is 11.4 Å². The summed E-state index contributed by atoms with van der Waals surface area (Å²) in [5.41, 5.74) is 3.40. The van der Waals surface area contributed by atoms with Crippen LogP contribution in [0.15, 0.2) is 11.8 Å². The number of H-pyrrole nitrogens is 1. The molecule has 0 amide bonds. The smallest absolute Gasteiger partial charge is 0.226 e. The molecule has 2 aliphatic heterocycles. The maximum atomic E-state index is 12.1. The molecule has 0 aromatic carbocycles. The predicted octanol–water partition coefficient (Wildman–Crippen LogP) is 4.18. The second-order valence-electron chi connectivity index (χ2n) is 14.2. The van der Waals surface area contributed by atoms with Gasteiger partial charge in [0, 0.05) is 22.2 Å². The van der Waals surface area contributed by atoms with E-state index in [0.717, 1.165) is 55.8 Å². The van der Waals surface area contributed by atoms with Crippen LogP contribution in [0.2, 0.25) is 0 Å². The molecule has 0 radical (unpaired) electrons. The standard InChI is InChI=1S/C30H41BrN2O5/c1-17-6-21-22-4-5-29(30(38-16-36-29)14-35-15-37-30)28(22,3)10-25(34)26(21)27(2)9-20-13-33(12-19-7-18(19)11-31)32-24(20)8-23(17)27/h8,13,17-19,21-22,25-26,34H,4-7,9-12,14-16H2,1-3H3/p+1/t17-,18?,19?,21-,22-,25-,26+,27-,28-,29+,30?/m0/s1. The Balaban J connectivity index is 1.13. The number of aromatic amines is 1. The van der Waals surface area contributed by atoms with Gasteiger partial charge in [-0.2, -0.15) is 5.10 Å². The van der Waals surface area contributed by atoms with Crippen molar-refractivity contribution in [2.45, 2.75) is 83.3 Å². The molecule has 38 heavy (non-hydrogen) atoms. The van der Waals surface area contributed by atoms with Crippen LogP contribution in [-0.2, 0) is 31.9 Å². The van der Waals surface area contributed by atoms with E-state index in [9.17, 15) is 5.11 Å². The van der Waals surface area contributed by atoms with E-state index in [1.54, 1.807) is 0 Å². The van der Waals surface area contributed by atoms with Crippen LogP contribution in [0.25, 0.3) is 6.08 Å². The molecule has 3 heterocycles. The van der Waals surface area contributed by atoms with Crippen molar-refractivity contribution < 1.29 is 28.7 Å². The van der Waals surface area contributed by atoms with Gasteiger partial charge in [-0.1, -0.05) is 42.3 Å². The molecule has 4 saturated carbocycles. The number of alkyl halides is 1. The first-order valence-corrected chi connectivity index (χ1v) is 15.9. The lowest BCUT2D eigenvalue weighted by Gasteiger charge is -2.62. The van der Waals surface area contributed by atoms with Gasteiger partial charge in [-0.05, 0) is 79.6 Å². The van der Waals surface area contributed by atoms with E-state index in [1.165, 1.54) is 23.3 Å². The Bertz CT molecular complexity index is 1170. The number of nitrogens with one attached hydrogen (secondary N) is 1. The Kier molecular flexibility index (Phi) is 5.36. The average Bonchev–Trinajstić information content (AvgIpc) is 3.23. The molecule has 2 saturated heterocycles. The van der Waals surface area contributed by atoms with Gasteiger partial charge in [0.1, 0.15) is 17.9 Å². The Hall–Kier alpha value is -0.770. The lowest BCUT2D eigenvalue weighted by atomic mass is 9.43. The molecule has 1 aromatic heterocycles. The first-order valence-electron chi connectivity index (χ1n) is 14.8. The van der Waals surface area contributed by atoms with Gasteiger partial charge in [0.2, 0.25) is 5.79 Å². The van der Waals surface area contributed by atoms with Gasteiger partial charge in [-0.15, -0.1) is 4.68 Å². The van der Waals surface area contributed by atoms with Gasteiger partial charge in [-0.3, -0.25) is 0 Å².